The van der Waals surface area contributed by atoms with Crippen molar-refractivity contribution in [2.24, 2.45) is 0 Å². The first-order chi connectivity index (χ1) is 8.80. The Bertz CT molecular complexity index is 258. The molecular formula is C15H34O3SSi. The molecule has 0 bridgehead atoms. The molecule has 0 aromatic heterocycles. The lowest BCUT2D eigenvalue weighted by Crippen LogP contribution is -2.54. The van der Waals surface area contributed by atoms with Crippen molar-refractivity contribution in [2.45, 2.75) is 98.4 Å². The van der Waals surface area contributed by atoms with Crippen molar-refractivity contribution in [1.82, 2.24) is 0 Å². The summed E-state index contributed by atoms with van der Waals surface area (Å²) in [5, 5.41) is 0. The molecule has 20 heavy (non-hydrogen) atoms. The van der Waals surface area contributed by atoms with Gasteiger partial charge in [-0.05, 0) is 60.8 Å². The van der Waals surface area contributed by atoms with Crippen LogP contribution in [0.5, 0.6) is 0 Å². The van der Waals surface area contributed by atoms with Crippen molar-refractivity contribution >= 4 is 20.0 Å². The van der Waals surface area contributed by atoms with Crippen LogP contribution in [0.2, 0.25) is 0 Å². The van der Waals surface area contributed by atoms with Crippen molar-refractivity contribution in [3.63, 3.8) is 0 Å². The second-order valence-corrected chi connectivity index (χ2v) is 10.5. The molecule has 0 fully saturated rings. The fourth-order valence-electron chi connectivity index (χ4n) is 1.33. The Kier molecular flexibility index (Phi) is 7.30. The van der Waals surface area contributed by atoms with Crippen molar-refractivity contribution in [1.29, 1.82) is 0 Å². The van der Waals surface area contributed by atoms with E-state index in [1.54, 1.807) is 0 Å². The Hall–Kier alpha value is 0.447. The fraction of sp³-hybridized carbons (Fsp3) is 1.00. The molecule has 0 atom stereocenters. The van der Waals surface area contributed by atoms with Crippen LogP contribution in [0.3, 0.4) is 0 Å². The molecule has 0 aliphatic carbocycles. The van der Waals surface area contributed by atoms with Crippen LogP contribution >= 0.6 is 12.1 Å². The average Bonchev–Trinajstić information content (AvgIpc) is 2.26. The van der Waals surface area contributed by atoms with Crippen molar-refractivity contribution < 1.29 is 13.3 Å². The molecule has 0 aromatic carbocycles. The third-order valence-corrected chi connectivity index (χ3v) is 7.02. The zero-order valence-electron chi connectivity index (χ0n) is 14.8. The van der Waals surface area contributed by atoms with E-state index in [4.69, 9.17) is 25.4 Å². The van der Waals surface area contributed by atoms with Gasteiger partial charge in [-0.2, -0.15) is 0 Å². The molecule has 0 heterocycles. The van der Waals surface area contributed by atoms with E-state index in [2.05, 4.69) is 62.3 Å². The molecule has 3 nitrogen and oxygen atoms in total. The second kappa shape index (κ2) is 7.14. The van der Waals surface area contributed by atoms with Crippen LogP contribution in [0.1, 0.15) is 81.6 Å². The summed E-state index contributed by atoms with van der Waals surface area (Å²) >= 11 is 4.73. The summed E-state index contributed by atoms with van der Waals surface area (Å²) in [5.41, 5.74) is -0.912. The van der Waals surface area contributed by atoms with Gasteiger partial charge in [-0.1, -0.05) is 20.8 Å². The molecule has 0 spiro atoms. The van der Waals surface area contributed by atoms with Gasteiger partial charge in [-0.25, -0.2) is 0 Å². The Morgan fingerprint density at radius 3 is 1.00 bits per heavy atom. The highest BCUT2D eigenvalue weighted by Gasteiger charge is 2.49. The van der Waals surface area contributed by atoms with Gasteiger partial charge in [0, 0.05) is 0 Å². The summed E-state index contributed by atoms with van der Waals surface area (Å²) < 4.78 is 18.6. The van der Waals surface area contributed by atoms with Crippen LogP contribution in [0, 0.1) is 0 Å². The lowest BCUT2D eigenvalue weighted by atomic mass is 10.1. The van der Waals surface area contributed by atoms with Gasteiger partial charge < -0.3 is 13.3 Å². The van der Waals surface area contributed by atoms with Gasteiger partial charge in [0.25, 0.3) is 0 Å². The maximum absolute atomic E-state index is 6.21. The third-order valence-electron chi connectivity index (χ3n) is 3.77. The molecule has 0 aliphatic heterocycles. The number of hydrogen-bond acceptors (Lipinski definition) is 4. The Morgan fingerprint density at radius 1 is 0.650 bits per heavy atom. The van der Waals surface area contributed by atoms with Crippen LogP contribution < -0.4 is 0 Å². The van der Waals surface area contributed by atoms with Gasteiger partial charge in [0.1, 0.15) is 0 Å². The maximum Gasteiger partial charge on any atom is 0.571 e. The highest BCUT2D eigenvalue weighted by atomic mass is 32.3. The summed E-state index contributed by atoms with van der Waals surface area (Å²) in [6.45, 7) is 18.6. The quantitative estimate of drug-likeness (QED) is 0.480. The highest BCUT2D eigenvalue weighted by Crippen LogP contribution is 2.34. The normalized spacial score (nSPS) is 14.7. The minimum Gasteiger partial charge on any atom is -0.360 e. The molecule has 0 radical (unpaired) electrons. The molecule has 0 amide bonds. The molecule has 122 valence electrons. The molecule has 5 heteroatoms. The molecule has 0 N–H and O–H groups in total. The summed E-state index contributed by atoms with van der Waals surface area (Å²) in [7, 11) is -3.02. The monoisotopic (exact) mass is 322 g/mol. The Balaban J connectivity index is 5.23. The average molecular weight is 323 g/mol. The molecule has 0 rings (SSSR count). The Labute approximate surface area is 132 Å². The van der Waals surface area contributed by atoms with E-state index in [0.29, 0.717) is 0 Å². The van der Waals surface area contributed by atoms with Crippen molar-refractivity contribution in [3.05, 3.63) is 0 Å². The molecule has 0 aromatic rings. The smallest absolute Gasteiger partial charge is 0.360 e. The number of thiol groups is 1. The topological polar surface area (TPSA) is 27.7 Å². The predicted molar refractivity (Wildman–Crippen MR) is 91.1 cm³/mol. The molecule has 0 aliphatic rings. The Morgan fingerprint density at radius 2 is 0.850 bits per heavy atom. The summed E-state index contributed by atoms with van der Waals surface area (Å²) in [4.78, 5) is 0. The third kappa shape index (κ3) is 7.45. The van der Waals surface area contributed by atoms with E-state index < -0.39 is 7.95 Å². The van der Waals surface area contributed by atoms with Gasteiger partial charge in [-0.3, -0.25) is 0 Å². The largest absolute Gasteiger partial charge is 0.571 e. The van der Waals surface area contributed by atoms with E-state index in [0.717, 1.165) is 19.3 Å². The van der Waals surface area contributed by atoms with E-state index in [-0.39, 0.29) is 16.8 Å². The molecule has 0 unspecified atom stereocenters. The summed E-state index contributed by atoms with van der Waals surface area (Å²) in [6.07, 6.45) is 2.65. The van der Waals surface area contributed by atoms with Crippen molar-refractivity contribution in [3.8, 4) is 0 Å². The first kappa shape index (κ1) is 20.4. The van der Waals surface area contributed by atoms with E-state index in [9.17, 15) is 0 Å². The first-order valence-electron chi connectivity index (χ1n) is 7.63. The van der Waals surface area contributed by atoms with E-state index in [1.165, 1.54) is 0 Å². The molecular weight excluding hydrogens is 288 g/mol. The number of hydrogen-bond donors (Lipinski definition) is 1. The first-order valence-corrected chi connectivity index (χ1v) is 10.6. The minimum absolute atomic E-state index is 0.304. The van der Waals surface area contributed by atoms with Gasteiger partial charge in [-0.15, -0.1) is 12.1 Å². The lowest BCUT2D eigenvalue weighted by molar-refractivity contribution is -0.0738. The van der Waals surface area contributed by atoms with Crippen LogP contribution in [0.4, 0.5) is 0 Å². The summed E-state index contributed by atoms with van der Waals surface area (Å²) in [6, 6.07) is 0. The van der Waals surface area contributed by atoms with Gasteiger partial charge >= 0.3 is 7.95 Å². The second-order valence-electron chi connectivity index (χ2n) is 7.17. The molecule has 0 saturated heterocycles. The van der Waals surface area contributed by atoms with E-state index in [1.807, 2.05) is 0 Å². The van der Waals surface area contributed by atoms with Crippen LogP contribution in [0.15, 0.2) is 0 Å². The molecule has 0 saturated carbocycles. The fourth-order valence-corrected chi connectivity index (χ4v) is 6.20. The minimum atomic E-state index is -3.02. The van der Waals surface area contributed by atoms with Gasteiger partial charge in [0.05, 0.1) is 16.8 Å². The van der Waals surface area contributed by atoms with Crippen molar-refractivity contribution in [2.75, 3.05) is 0 Å². The maximum atomic E-state index is 6.21. The van der Waals surface area contributed by atoms with E-state index >= 15 is 0 Å². The van der Waals surface area contributed by atoms with Crippen LogP contribution in [0.25, 0.3) is 0 Å². The zero-order valence-corrected chi connectivity index (χ0v) is 16.7. The zero-order chi connectivity index (χ0) is 16.2. The summed E-state index contributed by atoms with van der Waals surface area (Å²) in [5.74, 6) is 0. The predicted octanol–water partition coefficient (Wildman–Crippen LogP) is 4.97. The van der Waals surface area contributed by atoms with Gasteiger partial charge in [0.2, 0.25) is 0 Å². The standard InChI is InChI=1S/C15H34O3SSi/c1-10-13(4,5)16-20(19,17-14(6,7)11-2)18-15(8,9)12-3/h19H,10-12H2,1-9H3. The SMILES string of the molecule is CCC(C)(C)O[Si](S)(OC(C)(C)CC)OC(C)(C)CC. The number of rotatable bonds is 9. The van der Waals surface area contributed by atoms with Crippen LogP contribution in [-0.2, 0) is 13.3 Å². The lowest BCUT2D eigenvalue weighted by Gasteiger charge is -2.42. The van der Waals surface area contributed by atoms with Gasteiger partial charge in [0.15, 0.2) is 0 Å². The highest BCUT2D eigenvalue weighted by molar-refractivity contribution is 8.11. The van der Waals surface area contributed by atoms with Crippen LogP contribution in [-0.4, -0.2) is 24.8 Å².